The first-order valence-corrected chi connectivity index (χ1v) is 6.79. The van der Waals surface area contributed by atoms with Gasteiger partial charge in [-0.25, -0.2) is 4.79 Å². The highest BCUT2D eigenvalue weighted by Gasteiger charge is 2.28. The van der Waals surface area contributed by atoms with Crippen molar-refractivity contribution < 1.29 is 27.8 Å². The van der Waals surface area contributed by atoms with Crippen LogP contribution in [0.1, 0.15) is 19.8 Å². The van der Waals surface area contributed by atoms with Crippen molar-refractivity contribution in [1.29, 1.82) is 0 Å². The first-order chi connectivity index (χ1) is 10.3. The summed E-state index contributed by atoms with van der Waals surface area (Å²) in [4.78, 5) is 11.8. The van der Waals surface area contributed by atoms with Gasteiger partial charge in [0.1, 0.15) is 5.75 Å². The predicted molar refractivity (Wildman–Crippen MR) is 75.9 cm³/mol. The third-order valence-corrected chi connectivity index (χ3v) is 2.70. The number of carbonyl (C=O) groups is 1. The number of para-hydroxylation sites is 2. The fourth-order valence-electron chi connectivity index (χ4n) is 1.71. The molecule has 0 aliphatic rings. The van der Waals surface area contributed by atoms with Gasteiger partial charge in [0.15, 0.2) is 6.61 Å². The third-order valence-electron chi connectivity index (χ3n) is 2.70. The number of aliphatic hydroxyl groups is 1. The fraction of sp³-hybridized carbons (Fsp3) is 0.500. The monoisotopic (exact) mass is 320 g/mol. The van der Waals surface area contributed by atoms with Crippen LogP contribution in [-0.4, -0.2) is 36.6 Å². The molecular formula is C14H19F3N2O3. The molecule has 5 nitrogen and oxygen atoms in total. The number of hydrogen-bond donors (Lipinski definition) is 3. The van der Waals surface area contributed by atoms with Crippen molar-refractivity contribution in [3.8, 4) is 5.75 Å². The van der Waals surface area contributed by atoms with Crippen molar-refractivity contribution in [2.75, 3.05) is 18.5 Å². The molecule has 1 atom stereocenters. The maximum absolute atomic E-state index is 12.2. The molecule has 1 unspecified atom stereocenters. The molecular weight excluding hydrogens is 301 g/mol. The average molecular weight is 320 g/mol. The fourth-order valence-corrected chi connectivity index (χ4v) is 1.71. The van der Waals surface area contributed by atoms with Gasteiger partial charge < -0.3 is 20.5 Å². The molecule has 0 heterocycles. The second-order valence-corrected chi connectivity index (χ2v) is 4.77. The molecule has 1 rings (SSSR count). The van der Waals surface area contributed by atoms with Crippen LogP contribution in [0.4, 0.5) is 23.7 Å². The number of halogens is 3. The number of benzene rings is 1. The van der Waals surface area contributed by atoms with Crippen molar-refractivity contribution in [3.05, 3.63) is 24.3 Å². The van der Waals surface area contributed by atoms with Crippen LogP contribution in [-0.2, 0) is 0 Å². The summed E-state index contributed by atoms with van der Waals surface area (Å²) in [5.74, 6) is -0.0574. The molecule has 0 aliphatic heterocycles. The number of urea groups is 1. The molecule has 3 N–H and O–H groups in total. The smallest absolute Gasteiger partial charge is 0.422 e. The second kappa shape index (κ2) is 8.47. The SMILES string of the molecule is CC(CCCO)NC(=O)Nc1ccccc1OCC(F)(F)F. The van der Waals surface area contributed by atoms with Gasteiger partial charge in [0.25, 0.3) is 0 Å². The molecule has 22 heavy (non-hydrogen) atoms. The number of hydrogen-bond acceptors (Lipinski definition) is 3. The Labute approximate surface area is 126 Å². The van der Waals surface area contributed by atoms with E-state index in [4.69, 9.17) is 5.11 Å². The standard InChI is InChI=1S/C14H19F3N2O3/c1-10(5-4-8-20)18-13(21)19-11-6-2-3-7-12(11)22-9-14(15,16)17/h2-3,6-7,10,20H,4-5,8-9H2,1H3,(H2,18,19,21). The van der Waals surface area contributed by atoms with Gasteiger partial charge in [-0.2, -0.15) is 13.2 Å². The van der Waals surface area contributed by atoms with Crippen LogP contribution in [0.25, 0.3) is 0 Å². The molecule has 124 valence electrons. The van der Waals surface area contributed by atoms with Gasteiger partial charge in [-0.3, -0.25) is 0 Å². The molecule has 2 amide bonds. The zero-order valence-electron chi connectivity index (χ0n) is 12.1. The summed E-state index contributed by atoms with van der Waals surface area (Å²) in [5.41, 5.74) is 0.151. The first kappa shape index (κ1) is 18.1. The van der Waals surface area contributed by atoms with Crippen LogP contribution in [0.15, 0.2) is 24.3 Å². The Hall–Kier alpha value is -1.96. The summed E-state index contributed by atoms with van der Waals surface area (Å²) in [6, 6.07) is 5.16. The lowest BCUT2D eigenvalue weighted by atomic mass is 10.2. The van der Waals surface area contributed by atoms with Gasteiger partial charge in [-0.15, -0.1) is 0 Å². The number of rotatable bonds is 7. The predicted octanol–water partition coefficient (Wildman–Crippen LogP) is 2.91. The lowest BCUT2D eigenvalue weighted by molar-refractivity contribution is -0.153. The minimum Gasteiger partial charge on any atom is -0.482 e. The minimum atomic E-state index is -4.45. The summed E-state index contributed by atoms with van der Waals surface area (Å²) in [6.07, 6.45) is -3.31. The lowest BCUT2D eigenvalue weighted by Gasteiger charge is -2.16. The summed E-state index contributed by atoms with van der Waals surface area (Å²) in [5, 5.41) is 13.8. The molecule has 0 bridgehead atoms. The van der Waals surface area contributed by atoms with Gasteiger partial charge in [0.2, 0.25) is 0 Å². The number of nitrogens with one attached hydrogen (secondary N) is 2. The quantitative estimate of drug-likeness (QED) is 0.723. The second-order valence-electron chi connectivity index (χ2n) is 4.77. The van der Waals surface area contributed by atoms with E-state index in [2.05, 4.69) is 15.4 Å². The Balaban J connectivity index is 2.59. The van der Waals surface area contributed by atoms with Gasteiger partial charge in [0, 0.05) is 12.6 Å². The van der Waals surface area contributed by atoms with Crippen LogP contribution >= 0.6 is 0 Å². The number of alkyl halides is 3. The van der Waals surface area contributed by atoms with Crippen LogP contribution in [0.3, 0.4) is 0 Å². The van der Waals surface area contributed by atoms with E-state index in [9.17, 15) is 18.0 Å². The van der Waals surface area contributed by atoms with Crippen molar-refractivity contribution in [3.63, 3.8) is 0 Å². The highest BCUT2D eigenvalue weighted by atomic mass is 19.4. The normalized spacial score (nSPS) is 12.6. The van der Waals surface area contributed by atoms with Gasteiger partial charge >= 0.3 is 12.2 Å². The van der Waals surface area contributed by atoms with E-state index in [-0.39, 0.29) is 24.1 Å². The van der Waals surface area contributed by atoms with E-state index >= 15 is 0 Å². The Morgan fingerprint density at radius 2 is 2.05 bits per heavy atom. The van der Waals surface area contributed by atoms with E-state index in [0.717, 1.165) is 0 Å². The van der Waals surface area contributed by atoms with Crippen molar-refractivity contribution in [2.24, 2.45) is 0 Å². The molecule has 8 heteroatoms. The van der Waals surface area contributed by atoms with E-state index < -0.39 is 18.8 Å². The molecule has 1 aromatic rings. The molecule has 0 aromatic heterocycles. The molecule has 0 fully saturated rings. The molecule has 0 saturated carbocycles. The van der Waals surface area contributed by atoms with Crippen LogP contribution in [0.5, 0.6) is 5.75 Å². The summed E-state index contributed by atoms with van der Waals surface area (Å²) in [6.45, 7) is 0.364. The minimum absolute atomic E-state index is 0.0295. The highest BCUT2D eigenvalue weighted by Crippen LogP contribution is 2.26. The zero-order valence-corrected chi connectivity index (χ0v) is 12.1. The first-order valence-electron chi connectivity index (χ1n) is 6.79. The van der Waals surface area contributed by atoms with Crippen LogP contribution in [0.2, 0.25) is 0 Å². The van der Waals surface area contributed by atoms with Crippen molar-refractivity contribution in [2.45, 2.75) is 32.0 Å². The molecule has 0 saturated heterocycles. The molecule has 0 aliphatic carbocycles. The maximum Gasteiger partial charge on any atom is 0.422 e. The number of aliphatic hydroxyl groups excluding tert-OH is 1. The average Bonchev–Trinajstić information content (AvgIpc) is 2.43. The zero-order chi connectivity index (χ0) is 16.6. The number of carbonyl (C=O) groups excluding carboxylic acids is 1. The van der Waals surface area contributed by atoms with Crippen LogP contribution in [0, 0.1) is 0 Å². The van der Waals surface area contributed by atoms with Gasteiger partial charge in [-0.1, -0.05) is 12.1 Å². The number of ether oxygens (including phenoxy) is 1. The topological polar surface area (TPSA) is 70.6 Å². The summed E-state index contributed by atoms with van der Waals surface area (Å²) in [7, 11) is 0. The Morgan fingerprint density at radius 3 is 2.68 bits per heavy atom. The van der Waals surface area contributed by atoms with Gasteiger partial charge in [-0.05, 0) is 31.9 Å². The number of anilines is 1. The van der Waals surface area contributed by atoms with Gasteiger partial charge in [0.05, 0.1) is 5.69 Å². The molecule has 0 radical (unpaired) electrons. The van der Waals surface area contributed by atoms with E-state index in [1.54, 1.807) is 13.0 Å². The maximum atomic E-state index is 12.2. The lowest BCUT2D eigenvalue weighted by Crippen LogP contribution is -2.36. The Kier molecular flexibility index (Phi) is 6.97. The molecule has 0 spiro atoms. The highest BCUT2D eigenvalue weighted by molar-refractivity contribution is 5.91. The van der Waals surface area contributed by atoms with E-state index in [0.29, 0.717) is 12.8 Å². The van der Waals surface area contributed by atoms with Crippen molar-refractivity contribution in [1.82, 2.24) is 5.32 Å². The van der Waals surface area contributed by atoms with E-state index in [1.165, 1.54) is 18.2 Å². The number of amides is 2. The third kappa shape index (κ3) is 7.16. The van der Waals surface area contributed by atoms with Crippen LogP contribution < -0.4 is 15.4 Å². The summed E-state index contributed by atoms with van der Waals surface area (Å²) < 4.78 is 41.2. The Bertz CT molecular complexity index is 481. The van der Waals surface area contributed by atoms with E-state index in [1.807, 2.05) is 0 Å². The largest absolute Gasteiger partial charge is 0.482 e. The Morgan fingerprint density at radius 1 is 1.36 bits per heavy atom. The van der Waals surface area contributed by atoms with Crippen molar-refractivity contribution >= 4 is 11.7 Å². The summed E-state index contributed by atoms with van der Waals surface area (Å²) >= 11 is 0. The molecule has 1 aromatic carbocycles.